The van der Waals surface area contributed by atoms with Crippen molar-refractivity contribution in [2.24, 2.45) is 5.41 Å². The van der Waals surface area contributed by atoms with E-state index in [1.54, 1.807) is 0 Å². The average molecular weight is 312 g/mol. The molecule has 2 aliphatic rings. The van der Waals surface area contributed by atoms with E-state index in [9.17, 15) is 4.39 Å². The van der Waals surface area contributed by atoms with Crippen LogP contribution in [0.15, 0.2) is 48.8 Å². The second-order valence-corrected chi connectivity index (χ2v) is 6.97. The van der Waals surface area contributed by atoms with Crippen molar-refractivity contribution in [1.82, 2.24) is 9.88 Å². The van der Waals surface area contributed by atoms with Crippen LogP contribution in [0.2, 0.25) is 0 Å². The van der Waals surface area contributed by atoms with E-state index in [0.29, 0.717) is 5.41 Å². The van der Waals surface area contributed by atoms with Crippen LogP contribution < -0.4 is 0 Å². The zero-order valence-electron chi connectivity index (χ0n) is 13.1. The lowest BCUT2D eigenvalue weighted by Crippen LogP contribution is -2.56. The largest absolute Gasteiger partial charge is 0.377 e. The number of hydrogen-bond acceptors (Lipinski definition) is 3. The summed E-state index contributed by atoms with van der Waals surface area (Å²) >= 11 is 0. The van der Waals surface area contributed by atoms with E-state index in [4.69, 9.17) is 4.74 Å². The molecular weight excluding hydrogens is 291 g/mol. The molecule has 4 heteroatoms. The minimum atomic E-state index is -0.177. The maximum Gasteiger partial charge on any atom is 0.123 e. The van der Waals surface area contributed by atoms with Gasteiger partial charge in [-0.15, -0.1) is 0 Å². The number of nitrogens with zero attached hydrogens (tertiary/aromatic N) is 2. The van der Waals surface area contributed by atoms with Gasteiger partial charge in [-0.05, 0) is 48.2 Å². The fourth-order valence-corrected chi connectivity index (χ4v) is 3.89. The number of benzene rings is 1. The van der Waals surface area contributed by atoms with Crippen molar-refractivity contribution in [3.63, 3.8) is 0 Å². The van der Waals surface area contributed by atoms with Crippen molar-refractivity contribution in [3.8, 4) is 0 Å². The quantitative estimate of drug-likeness (QED) is 0.867. The molecule has 120 valence electrons. The molecule has 1 unspecified atom stereocenters. The van der Waals surface area contributed by atoms with Crippen LogP contribution in [0, 0.1) is 11.2 Å². The van der Waals surface area contributed by atoms with Crippen molar-refractivity contribution in [3.05, 3.63) is 65.7 Å². The van der Waals surface area contributed by atoms with Gasteiger partial charge in [-0.2, -0.15) is 0 Å². The molecule has 2 fully saturated rings. The van der Waals surface area contributed by atoms with E-state index < -0.39 is 0 Å². The maximum absolute atomic E-state index is 13.0. The van der Waals surface area contributed by atoms with Crippen LogP contribution in [-0.4, -0.2) is 35.7 Å². The van der Waals surface area contributed by atoms with Gasteiger partial charge in [0.25, 0.3) is 0 Å². The van der Waals surface area contributed by atoms with E-state index >= 15 is 0 Å². The van der Waals surface area contributed by atoms with E-state index in [1.165, 1.54) is 17.7 Å². The lowest BCUT2D eigenvalue weighted by Gasteiger charge is -2.47. The zero-order valence-corrected chi connectivity index (χ0v) is 13.1. The van der Waals surface area contributed by atoms with Crippen LogP contribution >= 0.6 is 0 Å². The molecule has 4 rings (SSSR count). The summed E-state index contributed by atoms with van der Waals surface area (Å²) < 4.78 is 19.0. The number of hydrogen-bond donors (Lipinski definition) is 0. The Morgan fingerprint density at radius 2 is 1.83 bits per heavy atom. The Balaban J connectivity index is 1.29. The molecule has 1 spiro atoms. The van der Waals surface area contributed by atoms with Gasteiger partial charge in [0.05, 0.1) is 12.7 Å². The van der Waals surface area contributed by atoms with Crippen molar-refractivity contribution in [1.29, 1.82) is 0 Å². The fourth-order valence-electron chi connectivity index (χ4n) is 3.89. The standard InChI is InChI=1S/C19H21FN2O/c20-17-3-1-15(2-4-17)9-18-10-19(14-23-18)12-22(13-19)11-16-5-7-21-8-6-16/h1-8,18H,9-14H2. The molecule has 1 atom stereocenters. The van der Waals surface area contributed by atoms with Crippen molar-refractivity contribution in [2.45, 2.75) is 25.5 Å². The number of likely N-dealkylation sites (tertiary alicyclic amines) is 1. The summed E-state index contributed by atoms with van der Waals surface area (Å²) in [4.78, 5) is 6.53. The first kappa shape index (κ1) is 14.8. The Hall–Kier alpha value is -1.78. The molecule has 1 aromatic heterocycles. The van der Waals surface area contributed by atoms with Gasteiger partial charge in [-0.3, -0.25) is 9.88 Å². The first-order valence-corrected chi connectivity index (χ1v) is 8.18. The highest BCUT2D eigenvalue weighted by Crippen LogP contribution is 2.42. The first-order chi connectivity index (χ1) is 11.2. The van der Waals surface area contributed by atoms with Crippen LogP contribution in [0.1, 0.15) is 17.5 Å². The number of aromatic nitrogens is 1. The van der Waals surface area contributed by atoms with Crippen LogP contribution in [0.25, 0.3) is 0 Å². The summed E-state index contributed by atoms with van der Waals surface area (Å²) in [6.45, 7) is 4.06. The van der Waals surface area contributed by atoms with Gasteiger partial charge in [-0.1, -0.05) is 12.1 Å². The molecule has 2 aliphatic heterocycles. The summed E-state index contributed by atoms with van der Waals surface area (Å²) in [6, 6.07) is 10.9. The molecule has 3 nitrogen and oxygen atoms in total. The average Bonchev–Trinajstić information content (AvgIpc) is 2.94. The molecule has 0 saturated carbocycles. The van der Waals surface area contributed by atoms with Crippen LogP contribution in [0.3, 0.4) is 0 Å². The third kappa shape index (κ3) is 3.28. The van der Waals surface area contributed by atoms with Gasteiger partial charge in [0.15, 0.2) is 0 Å². The van der Waals surface area contributed by atoms with Gasteiger partial charge in [-0.25, -0.2) is 4.39 Å². The van der Waals surface area contributed by atoms with Gasteiger partial charge < -0.3 is 4.74 Å². The van der Waals surface area contributed by atoms with E-state index in [0.717, 1.165) is 44.6 Å². The predicted molar refractivity (Wildman–Crippen MR) is 86.4 cm³/mol. The highest BCUT2D eigenvalue weighted by molar-refractivity contribution is 5.18. The third-order valence-corrected chi connectivity index (χ3v) is 4.94. The second-order valence-electron chi connectivity index (χ2n) is 6.97. The zero-order chi connectivity index (χ0) is 15.7. The van der Waals surface area contributed by atoms with Gasteiger partial charge in [0.2, 0.25) is 0 Å². The normalized spacial score (nSPS) is 23.1. The Kier molecular flexibility index (Phi) is 3.87. The SMILES string of the molecule is Fc1ccc(CC2CC3(CO2)CN(Cc2ccncc2)C3)cc1. The molecule has 2 saturated heterocycles. The monoisotopic (exact) mass is 312 g/mol. The van der Waals surface area contributed by atoms with Crippen molar-refractivity contribution >= 4 is 0 Å². The summed E-state index contributed by atoms with van der Waals surface area (Å²) in [5.74, 6) is -0.177. The van der Waals surface area contributed by atoms with Gasteiger partial charge in [0.1, 0.15) is 5.82 Å². The number of pyridine rings is 1. The molecule has 23 heavy (non-hydrogen) atoms. The molecule has 1 aromatic carbocycles. The Morgan fingerprint density at radius 1 is 1.09 bits per heavy atom. The molecule has 0 aliphatic carbocycles. The molecular formula is C19H21FN2O. The summed E-state index contributed by atoms with van der Waals surface area (Å²) in [6.07, 6.45) is 5.96. The smallest absolute Gasteiger partial charge is 0.123 e. The Morgan fingerprint density at radius 3 is 2.57 bits per heavy atom. The Labute approximate surface area is 136 Å². The molecule has 0 bridgehead atoms. The first-order valence-electron chi connectivity index (χ1n) is 8.18. The molecule has 3 heterocycles. The van der Waals surface area contributed by atoms with E-state index in [2.05, 4.69) is 22.0 Å². The second kappa shape index (κ2) is 6.02. The van der Waals surface area contributed by atoms with Gasteiger partial charge >= 0.3 is 0 Å². The number of halogens is 1. The lowest BCUT2D eigenvalue weighted by molar-refractivity contribution is -0.0140. The summed E-state index contributed by atoms with van der Waals surface area (Å²) in [5.41, 5.74) is 2.80. The van der Waals surface area contributed by atoms with E-state index in [-0.39, 0.29) is 11.9 Å². The number of rotatable bonds is 4. The molecule has 0 N–H and O–H groups in total. The third-order valence-electron chi connectivity index (χ3n) is 4.94. The molecule has 2 aromatic rings. The highest BCUT2D eigenvalue weighted by Gasteiger charge is 2.48. The van der Waals surface area contributed by atoms with E-state index in [1.807, 2.05) is 24.5 Å². The number of ether oxygens (including phenoxy) is 1. The topological polar surface area (TPSA) is 25.4 Å². The predicted octanol–water partition coefficient (Wildman–Crippen LogP) is 3.05. The van der Waals surface area contributed by atoms with Gasteiger partial charge in [0, 0.05) is 37.4 Å². The fraction of sp³-hybridized carbons (Fsp3) is 0.421. The van der Waals surface area contributed by atoms with Crippen LogP contribution in [0.4, 0.5) is 4.39 Å². The maximum atomic E-state index is 13.0. The van der Waals surface area contributed by atoms with Crippen molar-refractivity contribution in [2.75, 3.05) is 19.7 Å². The van der Waals surface area contributed by atoms with Crippen molar-refractivity contribution < 1.29 is 9.13 Å². The minimum absolute atomic E-state index is 0.177. The highest BCUT2D eigenvalue weighted by atomic mass is 19.1. The van der Waals surface area contributed by atoms with Crippen LogP contribution in [-0.2, 0) is 17.7 Å². The summed E-state index contributed by atoms with van der Waals surface area (Å²) in [5, 5.41) is 0. The summed E-state index contributed by atoms with van der Waals surface area (Å²) in [7, 11) is 0. The lowest BCUT2D eigenvalue weighted by atomic mass is 9.77. The molecule has 0 amide bonds. The minimum Gasteiger partial charge on any atom is -0.377 e. The molecule has 0 radical (unpaired) electrons. The Bertz CT molecular complexity index is 653. The van der Waals surface area contributed by atoms with Crippen LogP contribution in [0.5, 0.6) is 0 Å².